The van der Waals surface area contributed by atoms with Crippen molar-refractivity contribution < 1.29 is 55.1 Å². The molecular formula is C54H37NO. The minimum Gasteiger partial charge on any atom is -0.456 e. The van der Waals surface area contributed by atoms with E-state index in [9.17, 15) is 20.6 Å². The van der Waals surface area contributed by atoms with Crippen LogP contribution in [0.1, 0.15) is 50.7 Å². The van der Waals surface area contributed by atoms with E-state index in [-0.39, 0.29) is 4.90 Å². The van der Waals surface area contributed by atoms with Crippen molar-refractivity contribution in [3.8, 4) is 55.6 Å². The molecule has 0 atom stereocenters. The second-order valence-electron chi connectivity index (χ2n) is 11.3. The zero-order valence-corrected chi connectivity index (χ0v) is 27.9. The number of fused-ring (bicyclic) bond motifs is 3. The number of hydrogen-bond donors (Lipinski definition) is 0. The second kappa shape index (κ2) is 14.4. The minimum absolute atomic E-state index is 0.198. The van der Waals surface area contributed by atoms with Crippen LogP contribution in [0, 0.1) is 0 Å². The maximum Gasteiger partial charge on any atom is 0.136 e. The van der Waals surface area contributed by atoms with E-state index in [0.717, 1.165) is 0 Å². The van der Waals surface area contributed by atoms with Crippen molar-refractivity contribution in [2.45, 2.75) is 0 Å². The molecule has 0 spiro atoms. The van der Waals surface area contributed by atoms with Crippen molar-refractivity contribution in [2.24, 2.45) is 0 Å². The molecule has 0 N–H and O–H groups in total. The molecule has 0 aliphatic carbocycles. The molecule has 0 fully saturated rings. The van der Waals surface area contributed by atoms with Crippen molar-refractivity contribution in [1.29, 1.82) is 0 Å². The van der Waals surface area contributed by atoms with E-state index in [1.165, 1.54) is 0 Å². The standard InChI is InChI=1S/C54H37NO/c1-4-13-38(14-5-1)39-23-30-45(31-24-39)55(47-34-27-43(28-35-47)49-20-12-22-53-54(49)50-19-10-11-21-52(50)56-53)46-32-25-40(26-33-46)44-29-36-48(41-15-6-2-7-16-41)51(37-44)42-17-8-3-9-18-42/h1-37H/i1D,2D,3D,4D,5D,6D,7D,8D,9D,10D,11D,12D,13D,14D,15D,16D,17D,18D,19D,20D,21D,22D,23D,24D,25D,26D,27D,28D,29D,30D,31D,32D,33D,34D,35D,36D,37D. The topological polar surface area (TPSA) is 16.4 Å². The molecule has 0 bridgehead atoms. The van der Waals surface area contributed by atoms with Gasteiger partial charge in [0.1, 0.15) is 11.2 Å². The molecule has 1 heterocycles. The summed E-state index contributed by atoms with van der Waals surface area (Å²) in [5, 5.41) is -1.13. The highest BCUT2D eigenvalue weighted by Gasteiger charge is 2.17. The average molecular weight is 753 g/mol. The normalized spacial score (nSPS) is 20.5. The largest absolute Gasteiger partial charge is 0.456 e. The highest BCUT2D eigenvalue weighted by atomic mass is 16.3. The molecule has 0 aliphatic rings. The smallest absolute Gasteiger partial charge is 0.136 e. The third-order valence-electron chi connectivity index (χ3n) is 8.02. The molecule has 0 radical (unpaired) electrons. The Morgan fingerprint density at radius 2 is 0.732 bits per heavy atom. The fourth-order valence-electron chi connectivity index (χ4n) is 5.54. The van der Waals surface area contributed by atoms with E-state index in [2.05, 4.69) is 0 Å². The molecule has 10 rings (SSSR count). The lowest BCUT2D eigenvalue weighted by Gasteiger charge is -2.26. The summed E-state index contributed by atoms with van der Waals surface area (Å²) in [6, 6.07) is -42.0. The number of hydrogen-bond acceptors (Lipinski definition) is 2. The van der Waals surface area contributed by atoms with Gasteiger partial charge in [-0.1, -0.05) is 169 Å². The first-order valence-corrected chi connectivity index (χ1v) is 16.1. The lowest BCUT2D eigenvalue weighted by atomic mass is 9.91. The lowest BCUT2D eigenvalue weighted by molar-refractivity contribution is 0.669. The molecule has 2 nitrogen and oxygen atoms in total. The van der Waals surface area contributed by atoms with Crippen LogP contribution in [0.15, 0.2) is 228 Å². The number of para-hydroxylation sites is 1. The Morgan fingerprint density at radius 1 is 0.304 bits per heavy atom. The third-order valence-corrected chi connectivity index (χ3v) is 8.02. The predicted molar refractivity (Wildman–Crippen MR) is 236 cm³/mol. The summed E-state index contributed by atoms with van der Waals surface area (Å²) in [5.41, 5.74) is -15.0. The van der Waals surface area contributed by atoms with Crippen LogP contribution in [0.3, 0.4) is 0 Å². The van der Waals surface area contributed by atoms with Gasteiger partial charge >= 0.3 is 0 Å². The zero-order chi connectivity index (χ0) is 69.5. The molecule has 1 aromatic heterocycles. The number of benzene rings is 9. The molecule has 9 aromatic carbocycles. The van der Waals surface area contributed by atoms with Crippen molar-refractivity contribution in [2.75, 3.05) is 4.90 Å². The van der Waals surface area contributed by atoms with Gasteiger partial charge in [0.25, 0.3) is 0 Å². The summed E-state index contributed by atoms with van der Waals surface area (Å²) in [4.78, 5) is 0.198. The van der Waals surface area contributed by atoms with Gasteiger partial charge in [0.2, 0.25) is 0 Å². The van der Waals surface area contributed by atoms with Crippen LogP contribution in [0.4, 0.5) is 17.1 Å². The highest BCUT2D eigenvalue weighted by Crippen LogP contribution is 2.41. The van der Waals surface area contributed by atoms with Gasteiger partial charge in [-0.2, -0.15) is 0 Å². The van der Waals surface area contributed by atoms with Crippen molar-refractivity contribution >= 4 is 39.0 Å². The van der Waals surface area contributed by atoms with Crippen molar-refractivity contribution in [3.63, 3.8) is 0 Å². The van der Waals surface area contributed by atoms with Crippen LogP contribution in [0.2, 0.25) is 0 Å². The molecule has 0 aliphatic heterocycles. The van der Waals surface area contributed by atoms with Crippen LogP contribution >= 0.6 is 0 Å². The van der Waals surface area contributed by atoms with Crippen LogP contribution in [0.5, 0.6) is 0 Å². The van der Waals surface area contributed by atoms with Gasteiger partial charge in [-0.05, 0) is 110 Å². The van der Waals surface area contributed by atoms with Crippen LogP contribution < -0.4 is 4.90 Å². The van der Waals surface area contributed by atoms with E-state index in [4.69, 9.17) is 34.6 Å². The van der Waals surface area contributed by atoms with Crippen LogP contribution in [0.25, 0.3) is 77.6 Å². The molecule has 264 valence electrons. The first kappa shape index (κ1) is 12.3. The highest BCUT2D eigenvalue weighted by molar-refractivity contribution is 6.12. The molecule has 10 aromatic rings. The first-order valence-electron chi connectivity index (χ1n) is 34.6. The number of nitrogens with zero attached hydrogens (tertiary/aromatic N) is 1. The summed E-state index contributed by atoms with van der Waals surface area (Å²) in [7, 11) is 0. The van der Waals surface area contributed by atoms with Gasteiger partial charge in [-0.25, -0.2) is 0 Å². The van der Waals surface area contributed by atoms with E-state index < -0.39 is 318 Å². The predicted octanol–water partition coefficient (Wildman–Crippen LogP) is 15.4. The maximum absolute atomic E-state index is 9.78. The van der Waals surface area contributed by atoms with Crippen molar-refractivity contribution in [1.82, 2.24) is 0 Å². The molecule has 0 unspecified atom stereocenters. The quantitative estimate of drug-likeness (QED) is 0.154. The Bertz CT molecular complexity index is 4960. The van der Waals surface area contributed by atoms with E-state index in [1.807, 2.05) is 0 Å². The minimum atomic E-state index is -1.46. The Hall–Kier alpha value is -7.42. The molecule has 0 saturated carbocycles. The fraction of sp³-hybridized carbons (Fsp3) is 0. The van der Waals surface area contributed by atoms with E-state index in [0.29, 0.717) is 0 Å². The first-order chi connectivity index (χ1) is 43.2. The monoisotopic (exact) mass is 753 g/mol. The van der Waals surface area contributed by atoms with Gasteiger partial charge in [-0.15, -0.1) is 0 Å². The molecular weight excluding hydrogens is 679 g/mol. The number of anilines is 3. The average Bonchev–Trinajstić information content (AvgIpc) is 1.70. The van der Waals surface area contributed by atoms with Gasteiger partial charge in [0, 0.05) is 27.8 Å². The Balaban J connectivity index is 1.37. The lowest BCUT2D eigenvalue weighted by Crippen LogP contribution is -2.09. The third kappa shape index (κ3) is 6.24. The maximum atomic E-state index is 9.78. The zero-order valence-electron chi connectivity index (χ0n) is 64.9. The van der Waals surface area contributed by atoms with Crippen LogP contribution in [-0.2, 0) is 0 Å². The fourth-order valence-corrected chi connectivity index (χ4v) is 5.54. The summed E-state index contributed by atoms with van der Waals surface area (Å²) < 4.78 is 338. The second-order valence-corrected chi connectivity index (χ2v) is 11.3. The van der Waals surface area contributed by atoms with Crippen LogP contribution in [-0.4, -0.2) is 0 Å². The Morgan fingerprint density at radius 3 is 1.34 bits per heavy atom. The molecule has 2 heteroatoms. The summed E-state index contributed by atoms with van der Waals surface area (Å²) in [5.74, 6) is 0. The molecule has 0 saturated heterocycles. The van der Waals surface area contributed by atoms with Gasteiger partial charge < -0.3 is 9.32 Å². The van der Waals surface area contributed by atoms with Crippen molar-refractivity contribution in [3.05, 3.63) is 224 Å². The van der Waals surface area contributed by atoms with Gasteiger partial charge in [0.15, 0.2) is 0 Å². The van der Waals surface area contributed by atoms with Gasteiger partial charge in [-0.3, -0.25) is 0 Å². The number of furan rings is 1. The Kier molecular flexibility index (Phi) is 3.17. The van der Waals surface area contributed by atoms with Gasteiger partial charge in [0.05, 0.1) is 50.7 Å². The molecule has 56 heavy (non-hydrogen) atoms. The summed E-state index contributed by atoms with van der Waals surface area (Å²) in [6.07, 6.45) is 0. The van der Waals surface area contributed by atoms with E-state index in [1.54, 1.807) is 0 Å². The van der Waals surface area contributed by atoms with E-state index >= 15 is 0 Å². The summed E-state index contributed by atoms with van der Waals surface area (Å²) >= 11 is 0. The number of rotatable bonds is 8. The molecule has 0 amide bonds. The Labute approximate surface area is 379 Å². The summed E-state index contributed by atoms with van der Waals surface area (Å²) in [6.45, 7) is 0. The SMILES string of the molecule is [2H]c1c([2H])c([2H])c(-c2c([2H])c([2H])c(N(c3c([2H])c([2H])c(-c4c([2H])c([2H])c(-c5c([2H])c([2H])c([2H])c([2H])c5[2H])c(-c5c([2H])c([2H])c([2H])c([2H])c5[2H])c4[2H])c([2H])c3[2H])c3c([2H])c([2H])c(-c4c([2H])c([2H])c([2H])c5oc6c([2H])c([2H])c([2H])c([2H])c6c45)c([2H])c3[2H])c([2H])c2[2H])c([2H])c1[2H].